The van der Waals surface area contributed by atoms with Gasteiger partial charge < -0.3 is 15.4 Å². The van der Waals surface area contributed by atoms with Crippen molar-refractivity contribution in [2.75, 3.05) is 12.4 Å². The fourth-order valence-electron chi connectivity index (χ4n) is 1.60. The van der Waals surface area contributed by atoms with Gasteiger partial charge in [0.2, 0.25) is 5.88 Å². The Morgan fingerprint density at radius 1 is 1.30 bits per heavy atom. The molecule has 0 saturated carbocycles. The number of amides is 2. The van der Waals surface area contributed by atoms with E-state index in [1.165, 1.54) is 7.11 Å². The molecule has 2 aromatic heterocycles. The third-order valence-electron chi connectivity index (χ3n) is 2.64. The molecule has 2 rings (SSSR count). The molecule has 0 aliphatic carbocycles. The Bertz CT molecular complexity index is 584. The van der Waals surface area contributed by atoms with Crippen molar-refractivity contribution < 1.29 is 9.53 Å². The van der Waals surface area contributed by atoms with Crippen LogP contribution in [0, 0.1) is 6.92 Å². The molecule has 6 nitrogen and oxygen atoms in total. The number of rotatable bonds is 4. The van der Waals surface area contributed by atoms with Crippen LogP contribution in [0.5, 0.6) is 5.88 Å². The van der Waals surface area contributed by atoms with E-state index in [1.54, 1.807) is 24.5 Å². The number of nitrogens with zero attached hydrogens (tertiary/aromatic N) is 2. The average Bonchev–Trinajstić information content (AvgIpc) is 2.47. The summed E-state index contributed by atoms with van der Waals surface area (Å²) in [6, 6.07) is 6.95. The van der Waals surface area contributed by atoms with Crippen LogP contribution in [-0.2, 0) is 6.54 Å². The average molecular weight is 272 g/mol. The van der Waals surface area contributed by atoms with E-state index >= 15 is 0 Å². The van der Waals surface area contributed by atoms with Gasteiger partial charge in [-0.25, -0.2) is 9.78 Å². The first-order valence-corrected chi connectivity index (χ1v) is 6.14. The van der Waals surface area contributed by atoms with Gasteiger partial charge in [-0.15, -0.1) is 0 Å². The van der Waals surface area contributed by atoms with Gasteiger partial charge in [0, 0.05) is 24.6 Å². The van der Waals surface area contributed by atoms with Crippen LogP contribution in [0.4, 0.5) is 10.5 Å². The molecule has 6 heteroatoms. The smallest absolute Gasteiger partial charge is 0.319 e. The first-order chi connectivity index (χ1) is 9.69. The van der Waals surface area contributed by atoms with Gasteiger partial charge in [-0.3, -0.25) is 4.98 Å². The third-order valence-corrected chi connectivity index (χ3v) is 2.64. The van der Waals surface area contributed by atoms with E-state index in [4.69, 9.17) is 4.74 Å². The third kappa shape index (κ3) is 3.68. The standard InChI is InChI=1S/C14H16N4O2/c1-10-5-6-11(8-16-10)9-17-14(19)18-12-4-3-7-15-13(12)20-2/h3-8H,9H2,1-2H3,(H2,17,18,19). The van der Waals surface area contributed by atoms with Gasteiger partial charge in [0.05, 0.1) is 7.11 Å². The summed E-state index contributed by atoms with van der Waals surface area (Å²) in [6.45, 7) is 2.32. The summed E-state index contributed by atoms with van der Waals surface area (Å²) in [4.78, 5) is 20.0. The van der Waals surface area contributed by atoms with Crippen molar-refractivity contribution >= 4 is 11.7 Å². The van der Waals surface area contributed by atoms with E-state index in [-0.39, 0.29) is 6.03 Å². The molecule has 0 radical (unpaired) electrons. The molecule has 20 heavy (non-hydrogen) atoms. The highest BCUT2D eigenvalue weighted by Crippen LogP contribution is 2.19. The Morgan fingerprint density at radius 3 is 2.85 bits per heavy atom. The Labute approximate surface area is 117 Å². The van der Waals surface area contributed by atoms with Crippen LogP contribution in [0.3, 0.4) is 0 Å². The summed E-state index contributed by atoms with van der Waals surface area (Å²) < 4.78 is 5.06. The normalized spacial score (nSPS) is 9.90. The minimum Gasteiger partial charge on any atom is -0.480 e. The zero-order chi connectivity index (χ0) is 14.4. The van der Waals surface area contributed by atoms with E-state index in [0.717, 1.165) is 11.3 Å². The molecular weight excluding hydrogens is 256 g/mol. The molecule has 2 aromatic rings. The molecule has 0 aliphatic heterocycles. The van der Waals surface area contributed by atoms with Gasteiger partial charge >= 0.3 is 6.03 Å². The van der Waals surface area contributed by atoms with Crippen molar-refractivity contribution in [3.63, 3.8) is 0 Å². The lowest BCUT2D eigenvalue weighted by Crippen LogP contribution is -2.28. The molecule has 0 aliphatic rings. The van der Waals surface area contributed by atoms with Crippen LogP contribution >= 0.6 is 0 Å². The Balaban J connectivity index is 1.91. The van der Waals surface area contributed by atoms with E-state index in [0.29, 0.717) is 18.1 Å². The van der Waals surface area contributed by atoms with Crippen molar-refractivity contribution in [2.45, 2.75) is 13.5 Å². The fraction of sp³-hybridized carbons (Fsp3) is 0.214. The van der Waals surface area contributed by atoms with Crippen LogP contribution in [0.2, 0.25) is 0 Å². The highest BCUT2D eigenvalue weighted by Gasteiger charge is 2.07. The number of nitrogens with one attached hydrogen (secondary N) is 2. The molecule has 0 unspecified atom stereocenters. The maximum atomic E-state index is 11.8. The number of carbonyl (C=O) groups excluding carboxylic acids is 1. The van der Waals surface area contributed by atoms with Crippen molar-refractivity contribution in [3.8, 4) is 5.88 Å². The number of aromatic nitrogens is 2. The second-order valence-corrected chi connectivity index (χ2v) is 4.18. The summed E-state index contributed by atoms with van der Waals surface area (Å²) in [5.74, 6) is 0.375. The minimum absolute atomic E-state index is 0.322. The molecule has 0 fully saturated rings. The molecular formula is C14H16N4O2. The largest absolute Gasteiger partial charge is 0.480 e. The number of anilines is 1. The maximum absolute atomic E-state index is 11.8. The quantitative estimate of drug-likeness (QED) is 0.893. The molecule has 0 saturated heterocycles. The number of ether oxygens (including phenoxy) is 1. The van der Waals surface area contributed by atoms with Crippen molar-refractivity contribution in [1.29, 1.82) is 0 Å². The lowest BCUT2D eigenvalue weighted by molar-refractivity contribution is 0.251. The highest BCUT2D eigenvalue weighted by molar-refractivity contribution is 5.90. The predicted molar refractivity (Wildman–Crippen MR) is 75.6 cm³/mol. The SMILES string of the molecule is COc1ncccc1NC(=O)NCc1ccc(C)nc1. The summed E-state index contributed by atoms with van der Waals surface area (Å²) >= 11 is 0. The van der Waals surface area contributed by atoms with Crippen molar-refractivity contribution in [3.05, 3.63) is 47.9 Å². The van der Waals surface area contributed by atoms with E-state index < -0.39 is 0 Å². The summed E-state index contributed by atoms with van der Waals surface area (Å²) in [5.41, 5.74) is 2.40. The van der Waals surface area contributed by atoms with Gasteiger partial charge in [-0.05, 0) is 30.7 Å². The molecule has 2 N–H and O–H groups in total. The molecule has 0 atom stereocenters. The number of methoxy groups -OCH3 is 1. The predicted octanol–water partition coefficient (Wildman–Crippen LogP) is 2.12. The number of urea groups is 1. The zero-order valence-electron chi connectivity index (χ0n) is 11.4. The number of pyridine rings is 2. The maximum Gasteiger partial charge on any atom is 0.319 e. The van der Waals surface area contributed by atoms with Crippen LogP contribution < -0.4 is 15.4 Å². The molecule has 0 spiro atoms. The van der Waals surface area contributed by atoms with E-state index in [9.17, 15) is 4.79 Å². The first-order valence-electron chi connectivity index (χ1n) is 6.14. The summed E-state index contributed by atoms with van der Waals surface area (Å²) in [6.07, 6.45) is 3.33. The molecule has 2 heterocycles. The second kappa shape index (κ2) is 6.51. The molecule has 104 valence electrons. The second-order valence-electron chi connectivity index (χ2n) is 4.18. The first kappa shape index (κ1) is 13.8. The fourth-order valence-corrected chi connectivity index (χ4v) is 1.60. The van der Waals surface area contributed by atoms with Crippen LogP contribution in [0.25, 0.3) is 0 Å². The zero-order valence-corrected chi connectivity index (χ0v) is 11.4. The number of hydrogen-bond donors (Lipinski definition) is 2. The lowest BCUT2D eigenvalue weighted by atomic mass is 10.2. The number of aryl methyl sites for hydroxylation is 1. The number of hydrogen-bond acceptors (Lipinski definition) is 4. The minimum atomic E-state index is -0.322. The van der Waals surface area contributed by atoms with Crippen molar-refractivity contribution in [2.24, 2.45) is 0 Å². The molecule has 0 aromatic carbocycles. The monoisotopic (exact) mass is 272 g/mol. The van der Waals surface area contributed by atoms with Crippen LogP contribution in [-0.4, -0.2) is 23.1 Å². The Kier molecular flexibility index (Phi) is 4.49. The van der Waals surface area contributed by atoms with Gasteiger partial charge in [-0.2, -0.15) is 0 Å². The van der Waals surface area contributed by atoms with Gasteiger partial charge in [0.25, 0.3) is 0 Å². The van der Waals surface area contributed by atoms with Gasteiger partial charge in [-0.1, -0.05) is 6.07 Å². The highest BCUT2D eigenvalue weighted by atomic mass is 16.5. The van der Waals surface area contributed by atoms with Crippen LogP contribution in [0.1, 0.15) is 11.3 Å². The summed E-state index contributed by atoms with van der Waals surface area (Å²) in [7, 11) is 1.50. The lowest BCUT2D eigenvalue weighted by Gasteiger charge is -2.10. The summed E-state index contributed by atoms with van der Waals surface area (Å²) in [5, 5.41) is 5.43. The topological polar surface area (TPSA) is 76.1 Å². The van der Waals surface area contributed by atoms with E-state index in [1.807, 2.05) is 19.1 Å². The molecule has 2 amide bonds. The van der Waals surface area contributed by atoms with E-state index in [2.05, 4.69) is 20.6 Å². The van der Waals surface area contributed by atoms with Gasteiger partial charge in [0.15, 0.2) is 0 Å². The van der Waals surface area contributed by atoms with Crippen molar-refractivity contribution in [1.82, 2.24) is 15.3 Å². The molecule has 0 bridgehead atoms. The van der Waals surface area contributed by atoms with Gasteiger partial charge in [0.1, 0.15) is 5.69 Å². The Morgan fingerprint density at radius 2 is 2.15 bits per heavy atom. The van der Waals surface area contributed by atoms with Crippen LogP contribution in [0.15, 0.2) is 36.7 Å². The Hall–Kier alpha value is -2.63. The number of carbonyl (C=O) groups is 1.